The monoisotopic (exact) mass is 288 g/mol. The molecule has 0 aliphatic heterocycles. The van der Waals surface area contributed by atoms with Gasteiger partial charge in [-0.05, 0) is 45.9 Å². The van der Waals surface area contributed by atoms with Crippen LogP contribution in [-0.4, -0.2) is 39.0 Å². The van der Waals surface area contributed by atoms with E-state index in [2.05, 4.69) is 15.5 Å². The lowest BCUT2D eigenvalue weighted by molar-refractivity contribution is -0.146. The molecule has 0 unspecified atom stereocenters. The first kappa shape index (κ1) is 15.0. The van der Waals surface area contributed by atoms with Crippen molar-refractivity contribution in [2.75, 3.05) is 11.9 Å². The molecule has 0 aliphatic rings. The highest BCUT2D eigenvalue weighted by Gasteiger charge is 2.29. The molecule has 0 spiro atoms. The molecular weight excluding hydrogens is 268 g/mol. The number of nitrogens with one attached hydrogen (secondary N) is 2. The topological polar surface area (TPSA) is 78.1 Å². The van der Waals surface area contributed by atoms with Crippen molar-refractivity contribution in [2.45, 2.75) is 33.2 Å². The summed E-state index contributed by atoms with van der Waals surface area (Å²) in [5.74, 6) is -1.17. The molecule has 6 heteroatoms. The molecule has 2 N–H and O–H groups in total. The van der Waals surface area contributed by atoms with E-state index in [1.807, 2.05) is 33.8 Å². The van der Waals surface area contributed by atoms with Gasteiger partial charge in [-0.3, -0.25) is 14.7 Å². The Morgan fingerprint density at radius 2 is 2.05 bits per heavy atom. The largest absolute Gasteiger partial charge is 0.330 e. The Morgan fingerprint density at radius 1 is 1.33 bits per heavy atom. The summed E-state index contributed by atoms with van der Waals surface area (Å²) in [4.78, 5) is 25.9. The van der Waals surface area contributed by atoms with E-state index in [0.717, 1.165) is 10.9 Å². The number of anilines is 1. The van der Waals surface area contributed by atoms with Crippen LogP contribution in [0.3, 0.4) is 0 Å². The van der Waals surface area contributed by atoms with E-state index >= 15 is 0 Å². The SMILES string of the molecule is CCN(C(=O)C(=O)Nc1ccc2cn[nH]c2c1)C(C)(C)C. The molecule has 1 aromatic heterocycles. The lowest BCUT2D eigenvalue weighted by Crippen LogP contribution is -2.49. The highest BCUT2D eigenvalue weighted by molar-refractivity contribution is 6.39. The van der Waals surface area contributed by atoms with Crippen molar-refractivity contribution in [3.63, 3.8) is 0 Å². The number of aromatic amines is 1. The molecule has 0 fully saturated rings. The molecule has 2 aromatic rings. The van der Waals surface area contributed by atoms with Crippen LogP contribution in [0.4, 0.5) is 5.69 Å². The predicted molar refractivity (Wildman–Crippen MR) is 81.9 cm³/mol. The number of amides is 2. The van der Waals surface area contributed by atoms with Crippen molar-refractivity contribution in [3.05, 3.63) is 24.4 Å². The number of fused-ring (bicyclic) bond motifs is 1. The molecular formula is C15H20N4O2. The lowest BCUT2D eigenvalue weighted by Gasteiger charge is -2.34. The van der Waals surface area contributed by atoms with Crippen molar-refractivity contribution in [2.24, 2.45) is 0 Å². The minimum absolute atomic E-state index is 0.392. The van der Waals surface area contributed by atoms with Crippen molar-refractivity contribution in [1.82, 2.24) is 15.1 Å². The Labute approximate surface area is 123 Å². The fraction of sp³-hybridized carbons (Fsp3) is 0.400. The zero-order valence-corrected chi connectivity index (χ0v) is 12.7. The van der Waals surface area contributed by atoms with E-state index in [0.29, 0.717) is 12.2 Å². The molecule has 0 atom stereocenters. The van der Waals surface area contributed by atoms with Gasteiger partial charge in [-0.1, -0.05) is 0 Å². The normalized spacial score (nSPS) is 11.4. The van der Waals surface area contributed by atoms with Gasteiger partial charge in [0.05, 0.1) is 11.7 Å². The molecule has 0 saturated heterocycles. The molecule has 21 heavy (non-hydrogen) atoms. The number of carbonyl (C=O) groups excluding carboxylic acids is 2. The summed E-state index contributed by atoms with van der Waals surface area (Å²) in [6, 6.07) is 5.33. The van der Waals surface area contributed by atoms with Gasteiger partial charge in [0.1, 0.15) is 0 Å². The number of carbonyl (C=O) groups is 2. The zero-order chi connectivity index (χ0) is 15.6. The van der Waals surface area contributed by atoms with E-state index < -0.39 is 17.4 Å². The molecule has 0 saturated carbocycles. The third kappa shape index (κ3) is 3.21. The fourth-order valence-corrected chi connectivity index (χ4v) is 2.24. The average molecular weight is 288 g/mol. The number of nitrogens with zero attached hydrogens (tertiary/aromatic N) is 2. The molecule has 1 aromatic carbocycles. The van der Waals surface area contributed by atoms with Gasteiger partial charge in [-0.15, -0.1) is 0 Å². The van der Waals surface area contributed by atoms with E-state index in [-0.39, 0.29) is 0 Å². The lowest BCUT2D eigenvalue weighted by atomic mass is 10.1. The highest BCUT2D eigenvalue weighted by atomic mass is 16.2. The Kier molecular flexibility index (Phi) is 3.97. The Hall–Kier alpha value is -2.37. The summed E-state index contributed by atoms with van der Waals surface area (Å²) in [5, 5.41) is 10.3. The molecule has 2 amide bonds. The second-order valence-corrected chi connectivity index (χ2v) is 5.85. The van der Waals surface area contributed by atoms with Crippen LogP contribution in [-0.2, 0) is 9.59 Å². The number of benzene rings is 1. The van der Waals surface area contributed by atoms with Gasteiger partial charge in [0, 0.05) is 23.2 Å². The van der Waals surface area contributed by atoms with Gasteiger partial charge in [0.15, 0.2) is 0 Å². The minimum atomic E-state index is -0.634. The second kappa shape index (κ2) is 5.55. The maximum absolute atomic E-state index is 12.2. The van der Waals surface area contributed by atoms with Crippen molar-refractivity contribution in [1.29, 1.82) is 0 Å². The number of H-pyrrole nitrogens is 1. The fourth-order valence-electron chi connectivity index (χ4n) is 2.24. The van der Waals surface area contributed by atoms with Crippen LogP contribution < -0.4 is 5.32 Å². The molecule has 2 rings (SSSR count). The van der Waals surface area contributed by atoms with Gasteiger partial charge in [0.2, 0.25) is 0 Å². The summed E-state index contributed by atoms with van der Waals surface area (Å²) in [5.41, 5.74) is 0.981. The summed E-state index contributed by atoms with van der Waals surface area (Å²) >= 11 is 0. The molecule has 0 bridgehead atoms. The smallest absolute Gasteiger partial charge is 0.313 e. The number of likely N-dealkylation sites (N-methyl/N-ethyl adjacent to an activating group) is 1. The van der Waals surface area contributed by atoms with Gasteiger partial charge in [0.25, 0.3) is 0 Å². The first-order valence-corrected chi connectivity index (χ1v) is 6.89. The summed E-state index contributed by atoms with van der Waals surface area (Å²) in [7, 11) is 0. The maximum Gasteiger partial charge on any atom is 0.313 e. The molecule has 0 radical (unpaired) electrons. The van der Waals surface area contributed by atoms with Crippen LogP contribution in [0.15, 0.2) is 24.4 Å². The third-order valence-electron chi connectivity index (χ3n) is 3.27. The first-order chi connectivity index (χ1) is 9.82. The summed E-state index contributed by atoms with van der Waals surface area (Å²) in [6.07, 6.45) is 1.70. The Bertz CT molecular complexity index is 670. The molecule has 6 nitrogen and oxygen atoms in total. The number of hydrogen-bond acceptors (Lipinski definition) is 3. The van der Waals surface area contributed by atoms with Crippen molar-refractivity contribution < 1.29 is 9.59 Å². The van der Waals surface area contributed by atoms with E-state index in [4.69, 9.17) is 0 Å². The van der Waals surface area contributed by atoms with Crippen LogP contribution in [0.2, 0.25) is 0 Å². The van der Waals surface area contributed by atoms with Gasteiger partial charge >= 0.3 is 11.8 Å². The van der Waals surface area contributed by atoms with E-state index in [9.17, 15) is 9.59 Å². The van der Waals surface area contributed by atoms with Gasteiger partial charge < -0.3 is 10.2 Å². The van der Waals surface area contributed by atoms with E-state index in [1.54, 1.807) is 18.3 Å². The van der Waals surface area contributed by atoms with Crippen molar-refractivity contribution in [3.8, 4) is 0 Å². The van der Waals surface area contributed by atoms with Crippen LogP contribution in [0.1, 0.15) is 27.7 Å². The quantitative estimate of drug-likeness (QED) is 0.831. The highest BCUT2D eigenvalue weighted by Crippen LogP contribution is 2.18. The number of hydrogen-bond donors (Lipinski definition) is 2. The number of aromatic nitrogens is 2. The second-order valence-electron chi connectivity index (χ2n) is 5.85. The van der Waals surface area contributed by atoms with Crippen molar-refractivity contribution >= 4 is 28.4 Å². The standard InChI is InChI=1S/C15H20N4O2/c1-5-19(15(2,3)4)14(21)13(20)17-11-7-6-10-9-16-18-12(10)8-11/h6-9H,5H2,1-4H3,(H,16,18)(H,17,20). The molecule has 1 heterocycles. The van der Waals surface area contributed by atoms with Crippen LogP contribution in [0.25, 0.3) is 10.9 Å². The Balaban J connectivity index is 2.14. The molecule has 112 valence electrons. The number of rotatable bonds is 2. The summed E-state index contributed by atoms with van der Waals surface area (Å²) < 4.78 is 0. The van der Waals surface area contributed by atoms with Gasteiger partial charge in [-0.25, -0.2) is 0 Å². The minimum Gasteiger partial charge on any atom is -0.330 e. The predicted octanol–water partition coefficient (Wildman–Crippen LogP) is 2.15. The average Bonchev–Trinajstić information content (AvgIpc) is 2.85. The van der Waals surface area contributed by atoms with Crippen LogP contribution in [0, 0.1) is 0 Å². The Morgan fingerprint density at radius 3 is 2.67 bits per heavy atom. The zero-order valence-electron chi connectivity index (χ0n) is 12.7. The third-order valence-corrected chi connectivity index (χ3v) is 3.27. The van der Waals surface area contributed by atoms with Crippen LogP contribution in [0.5, 0.6) is 0 Å². The van der Waals surface area contributed by atoms with Gasteiger partial charge in [-0.2, -0.15) is 5.10 Å². The van der Waals surface area contributed by atoms with Crippen LogP contribution >= 0.6 is 0 Å². The summed E-state index contributed by atoms with van der Waals surface area (Å²) in [6.45, 7) is 8.04. The maximum atomic E-state index is 12.2. The van der Waals surface area contributed by atoms with E-state index in [1.165, 1.54) is 4.90 Å². The first-order valence-electron chi connectivity index (χ1n) is 6.89. The molecule has 0 aliphatic carbocycles.